The first-order valence-corrected chi connectivity index (χ1v) is 8.34. The fourth-order valence-electron chi connectivity index (χ4n) is 4.16. The first-order chi connectivity index (χ1) is 9.49. The SMILES string of the molecule is CC(C)(C)N1CC2(CC2)CC1c1ccccc1C1CC1. The van der Waals surface area contributed by atoms with Gasteiger partial charge >= 0.3 is 0 Å². The molecule has 1 heteroatoms. The number of hydrogen-bond acceptors (Lipinski definition) is 1. The fourth-order valence-corrected chi connectivity index (χ4v) is 4.16. The zero-order chi connectivity index (χ0) is 14.0. The van der Waals surface area contributed by atoms with Crippen LogP contribution in [-0.2, 0) is 0 Å². The Hall–Kier alpha value is -0.820. The average molecular weight is 269 g/mol. The van der Waals surface area contributed by atoms with Crippen molar-refractivity contribution < 1.29 is 0 Å². The van der Waals surface area contributed by atoms with Crippen molar-refractivity contribution in [1.82, 2.24) is 4.90 Å². The minimum Gasteiger partial charge on any atom is -0.291 e. The highest BCUT2D eigenvalue weighted by molar-refractivity contribution is 5.37. The molecule has 1 unspecified atom stereocenters. The van der Waals surface area contributed by atoms with Crippen molar-refractivity contribution in [2.24, 2.45) is 5.41 Å². The van der Waals surface area contributed by atoms with Gasteiger partial charge in [0, 0.05) is 18.1 Å². The summed E-state index contributed by atoms with van der Waals surface area (Å²) in [5, 5.41) is 0. The van der Waals surface area contributed by atoms with E-state index >= 15 is 0 Å². The zero-order valence-electron chi connectivity index (χ0n) is 13.2. The van der Waals surface area contributed by atoms with E-state index < -0.39 is 0 Å². The number of rotatable bonds is 2. The molecule has 1 nitrogen and oxygen atoms in total. The maximum Gasteiger partial charge on any atom is 0.0362 e. The topological polar surface area (TPSA) is 3.24 Å². The van der Waals surface area contributed by atoms with Gasteiger partial charge in [-0.2, -0.15) is 0 Å². The van der Waals surface area contributed by atoms with E-state index in [1.54, 1.807) is 11.1 Å². The number of hydrogen-bond donors (Lipinski definition) is 0. The van der Waals surface area contributed by atoms with E-state index in [1.165, 1.54) is 38.6 Å². The van der Waals surface area contributed by atoms with Crippen molar-refractivity contribution in [3.8, 4) is 0 Å². The normalized spacial score (nSPS) is 29.1. The predicted molar refractivity (Wildman–Crippen MR) is 83.9 cm³/mol. The molecule has 0 N–H and O–H groups in total. The molecule has 0 radical (unpaired) electrons. The highest BCUT2D eigenvalue weighted by Crippen LogP contribution is 2.60. The van der Waals surface area contributed by atoms with Gasteiger partial charge < -0.3 is 0 Å². The molecule has 1 atom stereocenters. The fraction of sp³-hybridized carbons (Fsp3) is 0.684. The third-order valence-corrected chi connectivity index (χ3v) is 5.70. The van der Waals surface area contributed by atoms with Crippen LogP contribution in [-0.4, -0.2) is 17.0 Å². The lowest BCUT2D eigenvalue weighted by molar-refractivity contribution is 0.117. The second kappa shape index (κ2) is 4.10. The van der Waals surface area contributed by atoms with E-state index in [4.69, 9.17) is 0 Å². The van der Waals surface area contributed by atoms with E-state index in [0.29, 0.717) is 11.5 Å². The highest BCUT2D eigenvalue weighted by atomic mass is 15.3. The minimum atomic E-state index is 0.285. The molecule has 0 bridgehead atoms. The maximum absolute atomic E-state index is 2.79. The van der Waals surface area contributed by atoms with Crippen LogP contribution >= 0.6 is 0 Å². The first-order valence-electron chi connectivity index (χ1n) is 8.34. The second-order valence-electron chi connectivity index (χ2n) is 8.42. The molecule has 3 aliphatic rings. The number of nitrogens with zero attached hydrogens (tertiary/aromatic N) is 1. The first kappa shape index (κ1) is 12.9. The van der Waals surface area contributed by atoms with Gasteiger partial charge in [0.25, 0.3) is 0 Å². The van der Waals surface area contributed by atoms with E-state index in [0.717, 1.165) is 5.92 Å². The highest BCUT2D eigenvalue weighted by Gasteiger charge is 2.54. The quantitative estimate of drug-likeness (QED) is 0.739. The van der Waals surface area contributed by atoms with Gasteiger partial charge in [-0.25, -0.2) is 0 Å². The molecular formula is C19H27N. The van der Waals surface area contributed by atoms with Gasteiger partial charge in [-0.15, -0.1) is 0 Å². The van der Waals surface area contributed by atoms with Crippen LogP contribution in [0.15, 0.2) is 24.3 Å². The molecule has 108 valence electrons. The van der Waals surface area contributed by atoms with Gasteiger partial charge in [-0.05, 0) is 75.3 Å². The van der Waals surface area contributed by atoms with Gasteiger partial charge in [-0.3, -0.25) is 4.90 Å². The van der Waals surface area contributed by atoms with Crippen LogP contribution in [0.3, 0.4) is 0 Å². The minimum absolute atomic E-state index is 0.285. The summed E-state index contributed by atoms with van der Waals surface area (Å²) in [5.41, 5.74) is 4.26. The summed E-state index contributed by atoms with van der Waals surface area (Å²) in [6.45, 7) is 8.49. The Morgan fingerprint density at radius 2 is 1.70 bits per heavy atom. The monoisotopic (exact) mass is 269 g/mol. The molecule has 1 spiro atoms. The van der Waals surface area contributed by atoms with E-state index in [9.17, 15) is 0 Å². The summed E-state index contributed by atoms with van der Waals surface area (Å²) in [6, 6.07) is 9.96. The van der Waals surface area contributed by atoms with Crippen molar-refractivity contribution in [2.75, 3.05) is 6.54 Å². The molecule has 3 fully saturated rings. The van der Waals surface area contributed by atoms with Crippen molar-refractivity contribution in [1.29, 1.82) is 0 Å². The lowest BCUT2D eigenvalue weighted by atomic mass is 9.91. The molecule has 1 heterocycles. The van der Waals surface area contributed by atoms with Crippen LogP contribution < -0.4 is 0 Å². The Morgan fingerprint density at radius 1 is 1.05 bits per heavy atom. The molecule has 1 aromatic rings. The van der Waals surface area contributed by atoms with E-state index in [-0.39, 0.29) is 5.54 Å². The molecular weight excluding hydrogens is 242 g/mol. The van der Waals surface area contributed by atoms with Crippen LogP contribution in [0.4, 0.5) is 0 Å². The Kier molecular flexibility index (Phi) is 2.64. The van der Waals surface area contributed by atoms with Gasteiger partial charge in [0.15, 0.2) is 0 Å². The third-order valence-electron chi connectivity index (χ3n) is 5.70. The molecule has 4 rings (SSSR count). The Morgan fingerprint density at radius 3 is 2.25 bits per heavy atom. The lowest BCUT2D eigenvalue weighted by Gasteiger charge is -2.38. The van der Waals surface area contributed by atoms with Crippen LogP contribution in [0.2, 0.25) is 0 Å². The maximum atomic E-state index is 2.79. The lowest BCUT2D eigenvalue weighted by Crippen LogP contribution is -2.41. The van der Waals surface area contributed by atoms with Crippen LogP contribution in [0.25, 0.3) is 0 Å². The van der Waals surface area contributed by atoms with Gasteiger partial charge in [0.1, 0.15) is 0 Å². The van der Waals surface area contributed by atoms with Crippen molar-refractivity contribution >= 4 is 0 Å². The molecule has 0 aromatic heterocycles. The summed E-state index contributed by atoms with van der Waals surface area (Å²) in [7, 11) is 0. The number of benzene rings is 1. The van der Waals surface area contributed by atoms with Crippen LogP contribution in [0.1, 0.15) is 76.0 Å². The molecule has 1 saturated heterocycles. The molecule has 2 aliphatic carbocycles. The summed E-state index contributed by atoms with van der Waals surface area (Å²) in [5.74, 6) is 0.865. The second-order valence-corrected chi connectivity index (χ2v) is 8.42. The Labute approximate surface area is 123 Å². The third kappa shape index (κ3) is 2.11. The molecule has 2 saturated carbocycles. The molecule has 1 aliphatic heterocycles. The van der Waals surface area contributed by atoms with E-state index in [2.05, 4.69) is 49.9 Å². The number of likely N-dealkylation sites (tertiary alicyclic amines) is 1. The molecule has 20 heavy (non-hydrogen) atoms. The summed E-state index contributed by atoms with van der Waals surface area (Å²) >= 11 is 0. The van der Waals surface area contributed by atoms with E-state index in [1.807, 2.05) is 0 Å². The van der Waals surface area contributed by atoms with Gasteiger partial charge in [0.05, 0.1) is 0 Å². The molecule has 1 aromatic carbocycles. The Bertz CT molecular complexity index is 517. The standard InChI is InChI=1S/C19H27N/c1-18(2,3)20-13-19(10-11-19)12-17(20)16-7-5-4-6-15(16)14-8-9-14/h4-7,14,17H,8-13H2,1-3H3. The zero-order valence-corrected chi connectivity index (χ0v) is 13.2. The molecule has 0 amide bonds. The van der Waals surface area contributed by atoms with Crippen molar-refractivity contribution in [2.45, 2.75) is 70.4 Å². The van der Waals surface area contributed by atoms with Crippen molar-refractivity contribution in [3.63, 3.8) is 0 Å². The van der Waals surface area contributed by atoms with Crippen molar-refractivity contribution in [3.05, 3.63) is 35.4 Å². The van der Waals surface area contributed by atoms with Gasteiger partial charge in [-0.1, -0.05) is 24.3 Å². The largest absolute Gasteiger partial charge is 0.291 e. The summed E-state index contributed by atoms with van der Waals surface area (Å²) in [6.07, 6.45) is 7.13. The smallest absolute Gasteiger partial charge is 0.0362 e. The predicted octanol–water partition coefficient (Wildman–Crippen LogP) is 4.89. The Balaban J connectivity index is 1.72. The summed E-state index contributed by atoms with van der Waals surface area (Å²) in [4.78, 5) is 2.79. The summed E-state index contributed by atoms with van der Waals surface area (Å²) < 4.78 is 0. The average Bonchev–Trinajstić information content (AvgIpc) is 3.27. The van der Waals surface area contributed by atoms with Crippen LogP contribution in [0, 0.1) is 5.41 Å². The van der Waals surface area contributed by atoms with Crippen LogP contribution in [0.5, 0.6) is 0 Å². The van der Waals surface area contributed by atoms with Gasteiger partial charge in [0.2, 0.25) is 0 Å².